The van der Waals surface area contributed by atoms with Crippen LogP contribution in [-0.2, 0) is 52.1 Å². The topological polar surface area (TPSA) is 506 Å². The lowest BCUT2D eigenvalue weighted by Crippen LogP contribution is -2.68. The molecule has 20 N–H and O–H groups in total. The summed E-state index contributed by atoms with van der Waals surface area (Å²) in [6, 6.07) is 0. The third-order valence-electron chi connectivity index (χ3n) is 12.4. The Morgan fingerprint density at radius 3 is 0.821 bits per heavy atom. The van der Waals surface area contributed by atoms with E-state index in [4.69, 9.17) is 52.1 Å². The molecule has 0 aromatic carbocycles. The average molecular weight is 991 g/mol. The lowest BCUT2D eigenvalue weighted by molar-refractivity contribution is -0.397. The maximum atomic E-state index is 11.4. The van der Waals surface area contributed by atoms with E-state index in [-0.39, 0.29) is 0 Å². The molecule has 0 aromatic rings. The first-order valence-electron chi connectivity index (χ1n) is 21.1. The molecule has 31 nitrogen and oxygen atoms in total. The molecule has 0 unspecified atom stereocenters. The van der Waals surface area contributed by atoms with Crippen LogP contribution < -0.4 is 0 Å². The summed E-state index contributed by atoms with van der Waals surface area (Å²) in [5.74, 6) is 0. The zero-order valence-electron chi connectivity index (χ0n) is 35.0. The third kappa shape index (κ3) is 11.2. The number of hydrogen-bond donors (Lipinski definition) is 20. The van der Waals surface area contributed by atoms with Crippen molar-refractivity contribution >= 4 is 0 Å². The number of aliphatic hydroxyl groups excluding tert-OH is 20. The molecule has 6 rings (SSSR count). The molecule has 0 spiro atoms. The van der Waals surface area contributed by atoms with E-state index < -0.39 is 224 Å². The van der Waals surface area contributed by atoms with Gasteiger partial charge in [0.25, 0.3) is 0 Å². The van der Waals surface area contributed by atoms with E-state index in [9.17, 15) is 102 Å². The summed E-state index contributed by atoms with van der Waals surface area (Å²) in [6.45, 7) is -5.73. The van der Waals surface area contributed by atoms with Gasteiger partial charge in [-0.3, -0.25) is 0 Å². The minimum Gasteiger partial charge on any atom is -0.394 e. The van der Waals surface area contributed by atoms with Crippen molar-refractivity contribution in [2.45, 2.75) is 184 Å². The summed E-state index contributed by atoms with van der Waals surface area (Å²) in [4.78, 5) is 0. The van der Waals surface area contributed by atoms with Crippen LogP contribution >= 0.6 is 0 Å². The Balaban J connectivity index is 1.12. The molecule has 67 heavy (non-hydrogen) atoms. The van der Waals surface area contributed by atoms with Crippen LogP contribution in [0.3, 0.4) is 0 Å². The first-order valence-corrected chi connectivity index (χ1v) is 21.1. The van der Waals surface area contributed by atoms with Crippen LogP contribution in [0, 0.1) is 0 Å². The van der Waals surface area contributed by atoms with Gasteiger partial charge in [-0.2, -0.15) is 0 Å². The van der Waals surface area contributed by atoms with Crippen molar-refractivity contribution in [2.75, 3.05) is 39.6 Å². The Morgan fingerprint density at radius 2 is 0.478 bits per heavy atom. The zero-order valence-corrected chi connectivity index (χ0v) is 35.0. The summed E-state index contributed by atoms with van der Waals surface area (Å²) in [5, 5.41) is 210. The van der Waals surface area contributed by atoms with Crippen LogP contribution in [0.4, 0.5) is 0 Å². The fourth-order valence-corrected chi connectivity index (χ4v) is 8.50. The molecule has 392 valence electrons. The molecule has 6 aliphatic rings. The van der Waals surface area contributed by atoms with E-state index in [1.54, 1.807) is 0 Å². The van der Waals surface area contributed by atoms with Crippen molar-refractivity contribution in [3.63, 3.8) is 0 Å². The molecule has 0 saturated carbocycles. The number of ether oxygens (including phenoxy) is 11. The maximum absolute atomic E-state index is 11.4. The highest BCUT2D eigenvalue weighted by molar-refractivity contribution is 5.00. The second-order valence-corrected chi connectivity index (χ2v) is 16.8. The first kappa shape index (κ1) is 55.1. The molecule has 6 fully saturated rings. The highest BCUT2D eigenvalue weighted by atomic mass is 16.8. The molecule has 0 bridgehead atoms. The number of aliphatic hydroxyl groups is 20. The summed E-state index contributed by atoms with van der Waals surface area (Å²) in [6.07, 6.45) is -57.5. The monoisotopic (exact) mass is 990 g/mol. The predicted octanol–water partition coefficient (Wildman–Crippen LogP) is -14.1. The Labute approximate surface area is 378 Å². The van der Waals surface area contributed by atoms with E-state index in [2.05, 4.69) is 0 Å². The third-order valence-corrected chi connectivity index (χ3v) is 12.4. The lowest BCUT2D eigenvalue weighted by atomic mass is 9.95. The SMILES string of the molecule is OC[C@H]1O[C@@H](O[C@@H]2[C@@H](O)[C@H](O[C@H]3[C@H](O)[C@@H](O)[C@H](O[C@@H]4[C@@H](O)[C@H](O[C@H]5[C@H](O)[C@@H](O)[C@H](O[C@@H]6[C@@H](O)[C@H](O)O[C@H](CO)[C@H]6O)O[C@@H]5CO)O[C@H](CO)[C@H]4O)O[C@@H]3CO)O[C@H](CO)[C@H]2O)[C@H](O)[C@@H](O)[C@@H]1O. The molecule has 0 aliphatic carbocycles. The molecule has 6 saturated heterocycles. The van der Waals surface area contributed by atoms with E-state index in [1.165, 1.54) is 0 Å². The molecule has 31 heteroatoms. The summed E-state index contributed by atoms with van der Waals surface area (Å²) in [7, 11) is 0. The Hall–Kier alpha value is -1.24. The van der Waals surface area contributed by atoms with Crippen molar-refractivity contribution in [2.24, 2.45) is 0 Å². The van der Waals surface area contributed by atoms with Gasteiger partial charge in [-0.15, -0.1) is 0 Å². The summed E-state index contributed by atoms with van der Waals surface area (Å²) in [5.41, 5.74) is 0. The Morgan fingerprint density at radius 1 is 0.224 bits per heavy atom. The van der Waals surface area contributed by atoms with E-state index in [1.807, 2.05) is 0 Å². The van der Waals surface area contributed by atoms with Gasteiger partial charge in [-0.25, -0.2) is 0 Å². The molecular formula is C36H62O31. The summed E-state index contributed by atoms with van der Waals surface area (Å²) < 4.78 is 60.4. The molecule has 30 atom stereocenters. The van der Waals surface area contributed by atoms with Gasteiger partial charge in [0, 0.05) is 0 Å². The van der Waals surface area contributed by atoms with E-state index in [0.717, 1.165) is 0 Å². The summed E-state index contributed by atoms with van der Waals surface area (Å²) >= 11 is 0. The van der Waals surface area contributed by atoms with Crippen LogP contribution in [0.25, 0.3) is 0 Å². The second kappa shape index (κ2) is 23.5. The number of hydrogen-bond acceptors (Lipinski definition) is 31. The van der Waals surface area contributed by atoms with Crippen LogP contribution in [0.15, 0.2) is 0 Å². The van der Waals surface area contributed by atoms with Crippen molar-refractivity contribution in [1.82, 2.24) is 0 Å². The molecule has 6 heterocycles. The minimum absolute atomic E-state index is 0.837. The van der Waals surface area contributed by atoms with Crippen molar-refractivity contribution < 1.29 is 154 Å². The van der Waals surface area contributed by atoms with Crippen molar-refractivity contribution in [3.8, 4) is 0 Å². The van der Waals surface area contributed by atoms with E-state index in [0.29, 0.717) is 0 Å². The van der Waals surface area contributed by atoms with Gasteiger partial charge in [-0.1, -0.05) is 0 Å². The van der Waals surface area contributed by atoms with Crippen LogP contribution in [0.5, 0.6) is 0 Å². The molecule has 0 amide bonds. The Kier molecular flexibility index (Phi) is 19.4. The maximum Gasteiger partial charge on any atom is 0.187 e. The molecule has 0 aromatic heterocycles. The van der Waals surface area contributed by atoms with Gasteiger partial charge >= 0.3 is 0 Å². The highest BCUT2D eigenvalue weighted by Gasteiger charge is 2.57. The molecule has 0 radical (unpaired) electrons. The minimum atomic E-state index is -2.23. The smallest absolute Gasteiger partial charge is 0.187 e. The van der Waals surface area contributed by atoms with Crippen LogP contribution in [0.1, 0.15) is 0 Å². The van der Waals surface area contributed by atoms with Crippen molar-refractivity contribution in [3.05, 3.63) is 0 Å². The van der Waals surface area contributed by atoms with Crippen LogP contribution in [-0.4, -0.2) is 326 Å². The van der Waals surface area contributed by atoms with Crippen LogP contribution in [0.2, 0.25) is 0 Å². The quantitative estimate of drug-likeness (QED) is 0.0683. The standard InChI is InChI=1S/C36H62O31/c37-1-7-13(43)17(47)20(50)32(58-7)66-29-15(45)9(3-39)59-35(24(29)54)64-27-12(6-42)62-34(22(52)19(27)49)67-30-16(46)10(4-40)60-36(25(30)55)63-26-11(5-41)61-33(21(51)18(26)48)65-28-14(44)8(2-38)57-31(56)23(28)53/h7-56H,1-6H2/t7-,8-,9-,10-,11-,12-,13-,14-,15-,16-,17+,18-,19-,20-,21-,22-,23-,24-,25-,26-,27-,28+,29+,30+,31-,32+,33+,34+,35+,36+/m1/s1. The highest BCUT2D eigenvalue weighted by Crippen LogP contribution is 2.36. The van der Waals surface area contributed by atoms with Gasteiger partial charge in [0.2, 0.25) is 0 Å². The van der Waals surface area contributed by atoms with E-state index >= 15 is 0 Å². The average Bonchev–Trinajstić information content (AvgIpc) is 3.31. The lowest BCUT2D eigenvalue weighted by Gasteiger charge is -2.50. The largest absolute Gasteiger partial charge is 0.394 e. The van der Waals surface area contributed by atoms with Crippen molar-refractivity contribution in [1.29, 1.82) is 0 Å². The molecule has 6 aliphatic heterocycles. The second-order valence-electron chi connectivity index (χ2n) is 16.8. The fourth-order valence-electron chi connectivity index (χ4n) is 8.50. The normalized spacial score (nSPS) is 53.4. The van der Waals surface area contributed by atoms with Gasteiger partial charge in [0.15, 0.2) is 37.7 Å². The van der Waals surface area contributed by atoms with Gasteiger partial charge in [-0.05, 0) is 0 Å². The fraction of sp³-hybridized carbons (Fsp3) is 1.00. The Bertz CT molecular complexity index is 1500. The predicted molar refractivity (Wildman–Crippen MR) is 199 cm³/mol. The van der Waals surface area contributed by atoms with Gasteiger partial charge < -0.3 is 154 Å². The molecular weight excluding hydrogens is 928 g/mol. The zero-order chi connectivity index (χ0) is 49.3. The van der Waals surface area contributed by atoms with Gasteiger partial charge in [0.1, 0.15) is 146 Å². The first-order chi connectivity index (χ1) is 31.8. The number of rotatable bonds is 16. The van der Waals surface area contributed by atoms with Gasteiger partial charge in [0.05, 0.1) is 39.6 Å².